The monoisotopic (exact) mass is 291 g/mol. The van der Waals surface area contributed by atoms with E-state index in [-0.39, 0.29) is 6.04 Å². The van der Waals surface area contributed by atoms with E-state index in [9.17, 15) is 0 Å². The van der Waals surface area contributed by atoms with Crippen molar-refractivity contribution in [1.29, 1.82) is 0 Å². The van der Waals surface area contributed by atoms with Crippen molar-refractivity contribution in [1.82, 2.24) is 9.97 Å². The normalized spacial score (nSPS) is 36.1. The Balaban J connectivity index is 1.78. The van der Waals surface area contributed by atoms with Gasteiger partial charge in [-0.1, -0.05) is 6.92 Å². The molecule has 21 heavy (non-hydrogen) atoms. The first-order valence-electron chi connectivity index (χ1n) is 7.85. The Kier molecular flexibility index (Phi) is 4.13. The molecule has 2 N–H and O–H groups in total. The number of hydrogen-bond acceptors (Lipinski definition) is 5. The molecule has 5 nitrogen and oxygen atoms in total. The van der Waals surface area contributed by atoms with Gasteiger partial charge in [-0.05, 0) is 43.6 Å². The average Bonchev–Trinajstić information content (AvgIpc) is 2.50. The van der Waals surface area contributed by atoms with E-state index in [1.54, 1.807) is 7.11 Å². The number of fused-ring (bicyclic) bond motifs is 1. The third-order valence-corrected chi connectivity index (χ3v) is 5.18. The molecule has 1 aliphatic heterocycles. The van der Waals surface area contributed by atoms with Crippen LogP contribution in [0.5, 0.6) is 6.01 Å². The highest BCUT2D eigenvalue weighted by Crippen LogP contribution is 2.42. The minimum absolute atomic E-state index is 0.242. The van der Waals surface area contributed by atoms with Gasteiger partial charge in [0.2, 0.25) is 0 Å². The van der Waals surface area contributed by atoms with E-state index in [1.165, 1.54) is 5.56 Å². The minimum atomic E-state index is 0.242. The van der Waals surface area contributed by atoms with Gasteiger partial charge in [-0.2, -0.15) is 0 Å². The predicted octanol–water partition coefficient (Wildman–Crippen LogP) is 2.04. The molecule has 1 aromatic heterocycles. The molecule has 2 heterocycles. The zero-order valence-electron chi connectivity index (χ0n) is 13.1. The van der Waals surface area contributed by atoms with E-state index >= 15 is 0 Å². The van der Waals surface area contributed by atoms with Crippen molar-refractivity contribution in [2.24, 2.45) is 17.6 Å². The summed E-state index contributed by atoms with van der Waals surface area (Å²) in [6, 6.07) is 0.683. The maximum absolute atomic E-state index is 6.43. The third kappa shape index (κ3) is 2.77. The molecule has 2 aliphatic rings. The largest absolute Gasteiger partial charge is 0.467 e. The summed E-state index contributed by atoms with van der Waals surface area (Å²) in [6.07, 6.45) is 5.55. The predicted molar refractivity (Wildman–Crippen MR) is 80.3 cm³/mol. The quantitative estimate of drug-likeness (QED) is 0.903. The molecule has 116 valence electrons. The number of aryl methyl sites for hydroxylation is 1. The Morgan fingerprint density at radius 2 is 2.19 bits per heavy atom. The van der Waals surface area contributed by atoms with Crippen molar-refractivity contribution >= 4 is 0 Å². The molecule has 5 atom stereocenters. The van der Waals surface area contributed by atoms with Crippen LogP contribution in [0.1, 0.15) is 43.4 Å². The number of rotatable bonds is 2. The van der Waals surface area contributed by atoms with Crippen LogP contribution in [-0.4, -0.2) is 35.8 Å². The fourth-order valence-electron chi connectivity index (χ4n) is 3.83. The summed E-state index contributed by atoms with van der Waals surface area (Å²) in [5.74, 6) is 1.38. The SMILES string of the molecule is COc1ncc(C2CCC3OCC(C)C(N)C3C2)c(C)n1. The second-order valence-corrected chi connectivity index (χ2v) is 6.50. The highest BCUT2D eigenvalue weighted by Gasteiger charge is 2.41. The zero-order valence-corrected chi connectivity index (χ0v) is 13.1. The van der Waals surface area contributed by atoms with Crippen LogP contribution in [0.4, 0.5) is 0 Å². The number of nitrogens with two attached hydrogens (primary N) is 1. The molecule has 0 amide bonds. The lowest BCUT2D eigenvalue weighted by atomic mass is 9.70. The topological polar surface area (TPSA) is 70.3 Å². The first-order chi connectivity index (χ1) is 10.1. The second-order valence-electron chi connectivity index (χ2n) is 6.50. The Morgan fingerprint density at radius 1 is 1.38 bits per heavy atom. The van der Waals surface area contributed by atoms with E-state index < -0.39 is 0 Å². The number of aromatic nitrogens is 2. The van der Waals surface area contributed by atoms with Gasteiger partial charge in [-0.3, -0.25) is 0 Å². The van der Waals surface area contributed by atoms with E-state index in [1.807, 2.05) is 13.1 Å². The van der Waals surface area contributed by atoms with Gasteiger partial charge >= 0.3 is 6.01 Å². The maximum atomic E-state index is 6.43. The van der Waals surface area contributed by atoms with Crippen LogP contribution in [0.15, 0.2) is 6.20 Å². The fraction of sp³-hybridized carbons (Fsp3) is 0.750. The highest BCUT2D eigenvalue weighted by molar-refractivity contribution is 5.23. The first kappa shape index (κ1) is 14.7. The summed E-state index contributed by atoms with van der Waals surface area (Å²) in [6.45, 7) is 5.02. The fourth-order valence-corrected chi connectivity index (χ4v) is 3.83. The summed E-state index contributed by atoms with van der Waals surface area (Å²) in [7, 11) is 1.60. The Labute approximate surface area is 126 Å². The van der Waals surface area contributed by atoms with Crippen LogP contribution >= 0.6 is 0 Å². The van der Waals surface area contributed by atoms with Crippen LogP contribution in [0, 0.1) is 18.8 Å². The molecule has 1 saturated heterocycles. The van der Waals surface area contributed by atoms with Crippen molar-refractivity contribution < 1.29 is 9.47 Å². The van der Waals surface area contributed by atoms with Gasteiger partial charge in [-0.15, -0.1) is 0 Å². The highest BCUT2D eigenvalue weighted by atomic mass is 16.5. The van der Waals surface area contributed by atoms with Gasteiger partial charge in [-0.25, -0.2) is 9.97 Å². The number of ether oxygens (including phenoxy) is 2. The van der Waals surface area contributed by atoms with Gasteiger partial charge in [0.25, 0.3) is 0 Å². The molecule has 0 aromatic carbocycles. The van der Waals surface area contributed by atoms with Crippen LogP contribution in [0.2, 0.25) is 0 Å². The molecule has 1 saturated carbocycles. The molecule has 0 radical (unpaired) electrons. The minimum Gasteiger partial charge on any atom is -0.467 e. The molecule has 1 aromatic rings. The lowest BCUT2D eigenvalue weighted by Gasteiger charge is -2.45. The maximum Gasteiger partial charge on any atom is 0.316 e. The Morgan fingerprint density at radius 3 is 2.90 bits per heavy atom. The van der Waals surface area contributed by atoms with Crippen LogP contribution < -0.4 is 10.5 Å². The van der Waals surface area contributed by atoms with Crippen molar-refractivity contribution in [2.45, 2.75) is 51.2 Å². The van der Waals surface area contributed by atoms with Gasteiger partial charge in [0, 0.05) is 23.9 Å². The molecular formula is C16H25N3O2. The van der Waals surface area contributed by atoms with Crippen LogP contribution in [0.3, 0.4) is 0 Å². The van der Waals surface area contributed by atoms with E-state index in [2.05, 4.69) is 16.9 Å². The lowest BCUT2D eigenvalue weighted by Crippen LogP contribution is -2.51. The summed E-state index contributed by atoms with van der Waals surface area (Å²) in [5.41, 5.74) is 8.68. The number of hydrogen-bond donors (Lipinski definition) is 1. The van der Waals surface area contributed by atoms with Gasteiger partial charge in [0.1, 0.15) is 0 Å². The molecule has 3 rings (SSSR count). The number of methoxy groups -OCH3 is 1. The third-order valence-electron chi connectivity index (χ3n) is 5.18. The molecule has 0 bridgehead atoms. The van der Waals surface area contributed by atoms with Crippen molar-refractivity contribution in [3.8, 4) is 6.01 Å². The van der Waals surface area contributed by atoms with Gasteiger partial charge in [0.15, 0.2) is 0 Å². The standard InChI is InChI=1S/C16H25N3O2/c1-9-8-21-14-5-4-11(6-12(14)15(9)17)13-7-18-16(20-3)19-10(13)2/h7,9,11-12,14-15H,4-6,8,17H2,1-3H3. The molecule has 5 unspecified atom stereocenters. The molecule has 0 spiro atoms. The summed E-state index contributed by atoms with van der Waals surface area (Å²) in [4.78, 5) is 8.68. The Bertz CT molecular complexity index is 506. The summed E-state index contributed by atoms with van der Waals surface area (Å²) in [5, 5.41) is 0. The van der Waals surface area contributed by atoms with E-state index in [0.717, 1.165) is 31.6 Å². The van der Waals surface area contributed by atoms with Crippen LogP contribution in [-0.2, 0) is 4.74 Å². The average molecular weight is 291 g/mol. The molecule has 5 heteroatoms. The van der Waals surface area contributed by atoms with Crippen molar-refractivity contribution in [3.63, 3.8) is 0 Å². The van der Waals surface area contributed by atoms with Crippen molar-refractivity contribution in [2.75, 3.05) is 13.7 Å². The first-order valence-corrected chi connectivity index (χ1v) is 7.85. The van der Waals surface area contributed by atoms with Crippen LogP contribution in [0.25, 0.3) is 0 Å². The van der Waals surface area contributed by atoms with Gasteiger partial charge < -0.3 is 15.2 Å². The van der Waals surface area contributed by atoms with Crippen molar-refractivity contribution in [3.05, 3.63) is 17.5 Å². The van der Waals surface area contributed by atoms with Gasteiger partial charge in [0.05, 0.1) is 19.8 Å². The molecule has 2 fully saturated rings. The molecule has 1 aliphatic carbocycles. The molecular weight excluding hydrogens is 266 g/mol. The van der Waals surface area contributed by atoms with E-state index in [0.29, 0.717) is 29.9 Å². The van der Waals surface area contributed by atoms with E-state index in [4.69, 9.17) is 15.2 Å². The summed E-state index contributed by atoms with van der Waals surface area (Å²) < 4.78 is 11.1. The number of nitrogens with zero attached hydrogens (tertiary/aromatic N) is 2. The smallest absolute Gasteiger partial charge is 0.316 e. The second kappa shape index (κ2) is 5.89. The zero-order chi connectivity index (χ0) is 15.0. The summed E-state index contributed by atoms with van der Waals surface area (Å²) >= 11 is 0. The Hall–Kier alpha value is -1.20. The lowest BCUT2D eigenvalue weighted by molar-refractivity contribution is -0.0848.